The van der Waals surface area contributed by atoms with Crippen LogP contribution >= 0.6 is 0 Å². The summed E-state index contributed by atoms with van der Waals surface area (Å²) in [5.41, 5.74) is 24.6. The van der Waals surface area contributed by atoms with E-state index in [1.165, 1.54) is 122 Å². The molecule has 4 fully saturated rings. The molecule has 7 aromatic rings. The second kappa shape index (κ2) is 12.4. The summed E-state index contributed by atoms with van der Waals surface area (Å²) < 4.78 is 0. The van der Waals surface area contributed by atoms with E-state index in [4.69, 9.17) is 0 Å². The van der Waals surface area contributed by atoms with Crippen molar-refractivity contribution in [2.24, 2.45) is 29.1 Å². The van der Waals surface area contributed by atoms with Crippen LogP contribution in [0.3, 0.4) is 0 Å². The van der Waals surface area contributed by atoms with Crippen molar-refractivity contribution < 1.29 is 0 Å². The van der Waals surface area contributed by atoms with E-state index in [9.17, 15) is 0 Å². The van der Waals surface area contributed by atoms with Crippen LogP contribution in [0.1, 0.15) is 113 Å². The molecule has 2 bridgehead atoms. The molecular weight excluding hydrogens is 771 g/mol. The molecule has 4 saturated carbocycles. The molecule has 0 N–H and O–H groups in total. The highest BCUT2D eigenvalue weighted by Crippen LogP contribution is 2.89. The summed E-state index contributed by atoms with van der Waals surface area (Å²) in [5.74, 6) is 3.57. The van der Waals surface area contributed by atoms with E-state index in [0.717, 1.165) is 23.7 Å². The lowest BCUT2D eigenvalue weighted by Crippen LogP contribution is -2.73. The first-order valence-electron chi connectivity index (χ1n) is 24.6. The van der Waals surface area contributed by atoms with Crippen LogP contribution in [0.5, 0.6) is 0 Å². The minimum Gasteiger partial charge on any atom is -0.310 e. The van der Waals surface area contributed by atoms with Crippen LogP contribution in [0.4, 0.5) is 17.1 Å². The summed E-state index contributed by atoms with van der Waals surface area (Å²) in [7, 11) is 0. The Kier molecular flexibility index (Phi) is 7.28. The smallest absolute Gasteiger partial charge is 0.0540 e. The van der Waals surface area contributed by atoms with Crippen LogP contribution in [0, 0.1) is 29.1 Å². The van der Waals surface area contributed by atoms with Gasteiger partial charge in [0.15, 0.2) is 0 Å². The van der Waals surface area contributed by atoms with E-state index in [2.05, 4.69) is 198 Å². The Morgan fingerprint density at radius 2 is 1.06 bits per heavy atom. The molecular formula is C63H59N. The van der Waals surface area contributed by atoms with E-state index in [1.54, 1.807) is 11.1 Å². The van der Waals surface area contributed by atoms with Gasteiger partial charge in [-0.3, -0.25) is 0 Å². The van der Waals surface area contributed by atoms with Gasteiger partial charge in [-0.05, 0) is 181 Å². The van der Waals surface area contributed by atoms with Crippen molar-refractivity contribution in [2.45, 2.75) is 102 Å². The van der Waals surface area contributed by atoms with Crippen molar-refractivity contribution in [1.29, 1.82) is 0 Å². The third-order valence-electron chi connectivity index (χ3n) is 19.2. The van der Waals surface area contributed by atoms with Crippen LogP contribution < -0.4 is 4.90 Å². The van der Waals surface area contributed by atoms with Gasteiger partial charge in [-0.25, -0.2) is 0 Å². The van der Waals surface area contributed by atoms with E-state index in [1.807, 2.05) is 0 Å². The molecule has 0 amide bonds. The van der Waals surface area contributed by atoms with Crippen molar-refractivity contribution in [1.82, 2.24) is 0 Å². The predicted molar refractivity (Wildman–Crippen MR) is 266 cm³/mol. The van der Waals surface area contributed by atoms with Gasteiger partial charge in [-0.15, -0.1) is 0 Å². The van der Waals surface area contributed by atoms with Crippen LogP contribution in [0.2, 0.25) is 0 Å². The Bertz CT molecular complexity index is 3140. The SMILES string of the molecule is CC1(C)CCC(C)(C)c2cc(-c3ccccc3N(c3ccc(-c4cccc5c4-c4ccccc4C54C5CC6CC7CC4C75C6)cc3)c3ccc4c(c3)C(C)(C)c3ccccc3-4)ccc21. The fraction of sp³-hybridized carbons (Fsp3) is 0.333. The van der Waals surface area contributed by atoms with Gasteiger partial charge in [0, 0.05) is 27.8 Å². The predicted octanol–water partition coefficient (Wildman–Crippen LogP) is 16.5. The van der Waals surface area contributed by atoms with Gasteiger partial charge >= 0.3 is 0 Å². The summed E-state index contributed by atoms with van der Waals surface area (Å²) in [4.78, 5) is 2.54. The molecule has 0 aliphatic heterocycles. The lowest BCUT2D eigenvalue weighted by molar-refractivity contribution is -0.231. The van der Waals surface area contributed by atoms with Crippen LogP contribution in [-0.4, -0.2) is 0 Å². The zero-order chi connectivity index (χ0) is 43.1. The maximum atomic E-state index is 2.54. The second-order valence-electron chi connectivity index (χ2n) is 23.2. The van der Waals surface area contributed by atoms with Crippen molar-refractivity contribution in [3.8, 4) is 44.5 Å². The monoisotopic (exact) mass is 829 g/mol. The first-order chi connectivity index (χ1) is 30.9. The Labute approximate surface area is 380 Å². The van der Waals surface area contributed by atoms with Gasteiger partial charge in [0.2, 0.25) is 0 Å². The molecule has 0 heterocycles. The van der Waals surface area contributed by atoms with Gasteiger partial charge in [0.05, 0.1) is 5.69 Å². The minimum absolute atomic E-state index is 0.103. The molecule has 6 atom stereocenters. The number of rotatable bonds is 5. The number of hydrogen-bond acceptors (Lipinski definition) is 1. The minimum atomic E-state index is -0.103. The standard InChI is InChI=1S/C63H59N/c1-59(2)30-31-60(3,4)54-34-40(24-29-51(54)59)44-14-9-12-21-55(44)64(43-27-28-47-46-15-7-10-18-49(46)61(5,6)53(47)36-43)42-25-22-39(23-26-42)45-17-13-20-52-58(45)48-16-8-11-19-50(48)63(52)56-33-38-32-41-35-57(63)62(41,56)37-38/h7-29,34,36,38,41,56-57H,30-33,35,37H2,1-6H3. The highest BCUT2D eigenvalue weighted by atomic mass is 15.1. The normalized spacial score (nSPS) is 28.0. The number of benzene rings is 7. The third-order valence-corrected chi connectivity index (χ3v) is 19.2. The maximum Gasteiger partial charge on any atom is 0.0540 e. The van der Waals surface area contributed by atoms with Crippen molar-refractivity contribution in [2.75, 3.05) is 4.90 Å². The van der Waals surface area contributed by atoms with E-state index in [-0.39, 0.29) is 21.7 Å². The first-order valence-corrected chi connectivity index (χ1v) is 24.6. The van der Waals surface area contributed by atoms with Crippen molar-refractivity contribution >= 4 is 17.1 Å². The van der Waals surface area contributed by atoms with Gasteiger partial charge < -0.3 is 4.90 Å². The summed E-state index contributed by atoms with van der Waals surface area (Å²) in [6, 6.07) is 59.3. The van der Waals surface area contributed by atoms with Crippen LogP contribution in [-0.2, 0) is 21.7 Å². The van der Waals surface area contributed by atoms with Gasteiger partial charge in [-0.1, -0.05) is 163 Å². The van der Waals surface area contributed by atoms with Gasteiger partial charge in [0.25, 0.3) is 0 Å². The van der Waals surface area contributed by atoms with Gasteiger partial charge in [0.1, 0.15) is 0 Å². The zero-order valence-electron chi connectivity index (χ0n) is 38.4. The fourth-order valence-electron chi connectivity index (χ4n) is 16.3. The molecule has 1 heteroatoms. The van der Waals surface area contributed by atoms with Gasteiger partial charge in [-0.2, -0.15) is 0 Å². The Morgan fingerprint density at radius 1 is 0.438 bits per heavy atom. The molecule has 7 aliphatic rings. The topological polar surface area (TPSA) is 3.24 Å². The average molecular weight is 830 g/mol. The molecule has 1 nitrogen and oxygen atoms in total. The summed E-state index contributed by atoms with van der Waals surface area (Å²) in [5, 5.41) is 0. The number of para-hydroxylation sites is 1. The Morgan fingerprint density at radius 3 is 1.86 bits per heavy atom. The molecule has 0 radical (unpaired) electrons. The quantitative estimate of drug-likeness (QED) is 0.167. The first kappa shape index (κ1) is 37.7. The van der Waals surface area contributed by atoms with Crippen LogP contribution in [0.25, 0.3) is 44.5 Å². The molecule has 7 aliphatic carbocycles. The Balaban J connectivity index is 0.920. The number of nitrogens with zero attached hydrogens (tertiary/aromatic N) is 1. The summed E-state index contributed by atoms with van der Waals surface area (Å²) >= 11 is 0. The molecule has 7 aromatic carbocycles. The lowest BCUT2D eigenvalue weighted by Gasteiger charge is -2.76. The Hall–Kier alpha value is -5.66. The molecule has 316 valence electrons. The molecule has 0 aromatic heterocycles. The summed E-state index contributed by atoms with van der Waals surface area (Å²) in [6.45, 7) is 14.5. The molecule has 64 heavy (non-hydrogen) atoms. The van der Waals surface area contributed by atoms with Crippen molar-refractivity contribution in [3.05, 3.63) is 185 Å². The number of hydrogen-bond donors (Lipinski definition) is 0. The van der Waals surface area contributed by atoms with E-state index < -0.39 is 0 Å². The van der Waals surface area contributed by atoms with E-state index >= 15 is 0 Å². The highest BCUT2D eigenvalue weighted by molar-refractivity contribution is 5.95. The number of anilines is 3. The fourth-order valence-corrected chi connectivity index (χ4v) is 16.3. The number of fused-ring (bicyclic) bond motifs is 12. The third kappa shape index (κ3) is 4.52. The van der Waals surface area contributed by atoms with E-state index in [0.29, 0.717) is 5.41 Å². The summed E-state index contributed by atoms with van der Waals surface area (Å²) in [6.07, 6.45) is 8.29. The van der Waals surface area contributed by atoms with Crippen LogP contribution in [0.15, 0.2) is 152 Å². The molecule has 6 unspecified atom stereocenters. The highest BCUT2D eigenvalue weighted by Gasteiger charge is 2.84. The molecule has 0 saturated heterocycles. The largest absolute Gasteiger partial charge is 0.310 e. The molecule has 2 spiro atoms. The average Bonchev–Trinajstić information content (AvgIpc) is 4.00. The molecule has 14 rings (SSSR count). The maximum absolute atomic E-state index is 2.54. The lowest BCUT2D eigenvalue weighted by atomic mass is 9.27. The zero-order valence-corrected chi connectivity index (χ0v) is 38.4. The second-order valence-corrected chi connectivity index (χ2v) is 23.2. The van der Waals surface area contributed by atoms with Crippen molar-refractivity contribution in [3.63, 3.8) is 0 Å².